The third-order valence-electron chi connectivity index (χ3n) is 4.87. The smallest absolute Gasteiger partial charge is 0.323 e. The number of carbonyl (C=O) groups is 3. The van der Waals surface area contributed by atoms with Gasteiger partial charge in [0.25, 0.3) is 11.8 Å². The summed E-state index contributed by atoms with van der Waals surface area (Å²) in [4.78, 5) is 39.0. The Bertz CT molecular complexity index is 696. The number of carbonyl (C=O) groups excluding carboxylic acids is 3. The first-order chi connectivity index (χ1) is 10.9. The molecule has 1 atom stereocenters. The molecule has 1 aromatic carbocycles. The second-order valence-electron chi connectivity index (χ2n) is 6.28. The summed E-state index contributed by atoms with van der Waals surface area (Å²) in [6.07, 6.45) is 1.75. The predicted octanol–water partition coefficient (Wildman–Crippen LogP) is 2.13. The van der Waals surface area contributed by atoms with Crippen molar-refractivity contribution in [3.05, 3.63) is 29.3 Å². The van der Waals surface area contributed by atoms with Gasteiger partial charge in [-0.05, 0) is 18.9 Å². The summed E-state index contributed by atoms with van der Waals surface area (Å²) in [7, 11) is 0. The van der Waals surface area contributed by atoms with Crippen LogP contribution in [0.25, 0.3) is 0 Å². The molecule has 23 heavy (non-hydrogen) atoms. The zero-order valence-electron chi connectivity index (χ0n) is 13.6. The summed E-state index contributed by atoms with van der Waals surface area (Å²) in [5.74, 6) is -0.721. The van der Waals surface area contributed by atoms with Crippen LogP contribution in [0.5, 0.6) is 0 Å². The molecule has 122 valence electrons. The molecule has 0 aliphatic carbocycles. The Kier molecular flexibility index (Phi) is 3.62. The Morgan fingerprint density at radius 3 is 2.52 bits per heavy atom. The van der Waals surface area contributed by atoms with Gasteiger partial charge in [0.2, 0.25) is 5.54 Å². The molecule has 1 unspecified atom stereocenters. The van der Waals surface area contributed by atoms with Gasteiger partial charge in [-0.3, -0.25) is 14.5 Å². The summed E-state index contributed by atoms with van der Waals surface area (Å²) < 4.78 is 0. The van der Waals surface area contributed by atoms with E-state index in [1.54, 1.807) is 12.1 Å². The highest BCUT2D eigenvalue weighted by molar-refractivity contribution is 6.26. The van der Waals surface area contributed by atoms with Gasteiger partial charge in [0.1, 0.15) is 0 Å². The van der Waals surface area contributed by atoms with Crippen molar-refractivity contribution in [2.45, 2.75) is 39.2 Å². The van der Waals surface area contributed by atoms with E-state index in [2.05, 4.69) is 10.6 Å². The van der Waals surface area contributed by atoms with Crippen LogP contribution < -0.4 is 10.6 Å². The quantitative estimate of drug-likeness (QED) is 0.660. The van der Waals surface area contributed by atoms with Crippen molar-refractivity contribution in [2.75, 3.05) is 11.9 Å². The Balaban J connectivity index is 2.02. The number of amides is 4. The zero-order valence-corrected chi connectivity index (χ0v) is 13.6. The molecule has 2 aliphatic heterocycles. The van der Waals surface area contributed by atoms with E-state index in [0.29, 0.717) is 17.8 Å². The van der Waals surface area contributed by atoms with Gasteiger partial charge in [-0.2, -0.15) is 0 Å². The zero-order chi connectivity index (χ0) is 16.8. The normalized spacial score (nSPS) is 22.8. The molecule has 6 heteroatoms. The monoisotopic (exact) mass is 315 g/mol. The number of anilines is 1. The number of hydrogen-bond acceptors (Lipinski definition) is 3. The highest BCUT2D eigenvalue weighted by Crippen LogP contribution is 2.41. The summed E-state index contributed by atoms with van der Waals surface area (Å²) in [6, 6.07) is 4.92. The minimum atomic E-state index is -1.61. The first-order valence-corrected chi connectivity index (χ1v) is 8.00. The van der Waals surface area contributed by atoms with E-state index >= 15 is 0 Å². The van der Waals surface area contributed by atoms with Gasteiger partial charge >= 0.3 is 6.03 Å². The number of imide groups is 1. The van der Waals surface area contributed by atoms with E-state index in [4.69, 9.17) is 0 Å². The van der Waals surface area contributed by atoms with E-state index in [1.165, 1.54) is 4.90 Å². The second-order valence-corrected chi connectivity index (χ2v) is 6.28. The Morgan fingerprint density at radius 2 is 1.87 bits per heavy atom. The van der Waals surface area contributed by atoms with Gasteiger partial charge < -0.3 is 10.6 Å². The molecule has 0 radical (unpaired) electrons. The van der Waals surface area contributed by atoms with Gasteiger partial charge in [0, 0.05) is 17.8 Å². The van der Waals surface area contributed by atoms with E-state index in [0.717, 1.165) is 18.4 Å². The van der Waals surface area contributed by atoms with Crippen LogP contribution in [0.1, 0.15) is 37.8 Å². The third kappa shape index (κ3) is 2.12. The predicted molar refractivity (Wildman–Crippen MR) is 85.8 cm³/mol. The molecule has 2 N–H and O–H groups in total. The maximum Gasteiger partial charge on any atom is 0.325 e. The molecule has 1 spiro atoms. The summed E-state index contributed by atoms with van der Waals surface area (Å²) in [5.41, 5.74) is 0.441. The molecule has 2 aliphatic rings. The first kappa shape index (κ1) is 15.5. The SMILES string of the molecule is CCC(CC)CN1C(=O)NC2(C(=O)Nc3ccc(C)cc32)C1=O. The van der Waals surface area contributed by atoms with Crippen molar-refractivity contribution >= 4 is 23.5 Å². The van der Waals surface area contributed by atoms with Crippen LogP contribution in [-0.4, -0.2) is 29.3 Å². The summed E-state index contributed by atoms with van der Waals surface area (Å²) in [5, 5.41) is 5.35. The average Bonchev–Trinajstić information content (AvgIpc) is 2.94. The maximum atomic E-state index is 13.0. The van der Waals surface area contributed by atoms with Crippen molar-refractivity contribution in [1.82, 2.24) is 10.2 Å². The lowest BCUT2D eigenvalue weighted by atomic mass is 9.90. The first-order valence-electron chi connectivity index (χ1n) is 8.00. The van der Waals surface area contributed by atoms with E-state index in [-0.39, 0.29) is 5.92 Å². The standard InChI is InChI=1S/C17H21N3O3/c1-4-11(5-2)9-20-15(22)17(19-16(20)23)12-8-10(3)6-7-13(12)18-14(17)21/h6-8,11H,4-5,9H2,1-3H3,(H,18,21)(H,19,23). The number of fused-ring (bicyclic) bond motifs is 2. The maximum absolute atomic E-state index is 13.0. The molecule has 1 fully saturated rings. The Morgan fingerprint density at radius 1 is 1.17 bits per heavy atom. The van der Waals surface area contributed by atoms with Crippen LogP contribution in [-0.2, 0) is 15.1 Å². The van der Waals surface area contributed by atoms with Gasteiger partial charge in [-0.25, -0.2) is 4.79 Å². The van der Waals surface area contributed by atoms with Crippen LogP contribution in [0.4, 0.5) is 10.5 Å². The highest BCUT2D eigenvalue weighted by atomic mass is 16.2. The Hall–Kier alpha value is -2.37. The topological polar surface area (TPSA) is 78.5 Å². The van der Waals surface area contributed by atoms with Crippen molar-refractivity contribution in [3.63, 3.8) is 0 Å². The number of benzene rings is 1. The molecule has 2 heterocycles. The number of nitrogens with zero attached hydrogens (tertiary/aromatic N) is 1. The number of aryl methyl sites for hydroxylation is 1. The number of rotatable bonds is 4. The summed E-state index contributed by atoms with van der Waals surface area (Å²) in [6.45, 7) is 6.29. The van der Waals surface area contributed by atoms with Crippen LogP contribution in [0.3, 0.4) is 0 Å². The molecular weight excluding hydrogens is 294 g/mol. The summed E-state index contributed by atoms with van der Waals surface area (Å²) >= 11 is 0. The van der Waals surface area contributed by atoms with Crippen LogP contribution in [0.2, 0.25) is 0 Å². The molecule has 4 amide bonds. The lowest BCUT2D eigenvalue weighted by molar-refractivity contribution is -0.137. The molecule has 3 rings (SSSR count). The number of nitrogens with one attached hydrogen (secondary N) is 2. The van der Waals surface area contributed by atoms with Crippen LogP contribution in [0.15, 0.2) is 18.2 Å². The fourth-order valence-corrected chi connectivity index (χ4v) is 3.30. The fourth-order valence-electron chi connectivity index (χ4n) is 3.30. The number of urea groups is 1. The van der Waals surface area contributed by atoms with E-state index < -0.39 is 23.4 Å². The minimum absolute atomic E-state index is 0.237. The molecule has 0 saturated carbocycles. The van der Waals surface area contributed by atoms with Gasteiger partial charge in [-0.1, -0.05) is 44.4 Å². The van der Waals surface area contributed by atoms with Gasteiger partial charge in [0.05, 0.1) is 0 Å². The van der Waals surface area contributed by atoms with E-state index in [1.807, 2.05) is 26.8 Å². The third-order valence-corrected chi connectivity index (χ3v) is 4.87. The fraction of sp³-hybridized carbons (Fsp3) is 0.471. The Labute approximate surface area is 135 Å². The van der Waals surface area contributed by atoms with Gasteiger partial charge in [-0.15, -0.1) is 0 Å². The molecule has 1 aromatic rings. The van der Waals surface area contributed by atoms with Crippen molar-refractivity contribution < 1.29 is 14.4 Å². The number of hydrogen-bond donors (Lipinski definition) is 2. The largest absolute Gasteiger partial charge is 0.325 e. The average molecular weight is 315 g/mol. The lowest BCUT2D eigenvalue weighted by Gasteiger charge is -2.22. The highest BCUT2D eigenvalue weighted by Gasteiger charge is 2.61. The van der Waals surface area contributed by atoms with Crippen LogP contribution in [0, 0.1) is 12.8 Å². The molecular formula is C17H21N3O3. The van der Waals surface area contributed by atoms with Crippen molar-refractivity contribution in [2.24, 2.45) is 5.92 Å². The minimum Gasteiger partial charge on any atom is -0.323 e. The van der Waals surface area contributed by atoms with E-state index in [9.17, 15) is 14.4 Å². The molecule has 0 bridgehead atoms. The lowest BCUT2D eigenvalue weighted by Crippen LogP contribution is -2.49. The van der Waals surface area contributed by atoms with Gasteiger partial charge in [0.15, 0.2) is 0 Å². The van der Waals surface area contributed by atoms with Crippen LogP contribution >= 0.6 is 0 Å². The molecule has 6 nitrogen and oxygen atoms in total. The van der Waals surface area contributed by atoms with Crippen molar-refractivity contribution in [1.29, 1.82) is 0 Å². The molecule has 1 saturated heterocycles. The molecule has 0 aromatic heterocycles. The van der Waals surface area contributed by atoms with Crippen molar-refractivity contribution in [3.8, 4) is 0 Å². The second kappa shape index (κ2) is 5.37.